The molecule has 1 rings (SSSR count). The zero-order chi connectivity index (χ0) is 10.4. The molecule has 0 aromatic carbocycles. The lowest BCUT2D eigenvalue weighted by Crippen LogP contribution is -1.99. The highest BCUT2D eigenvalue weighted by Crippen LogP contribution is 2.07. The van der Waals surface area contributed by atoms with Crippen molar-refractivity contribution in [1.29, 1.82) is 5.26 Å². The summed E-state index contributed by atoms with van der Waals surface area (Å²) in [7, 11) is 0. The summed E-state index contributed by atoms with van der Waals surface area (Å²) < 4.78 is 0. The summed E-state index contributed by atoms with van der Waals surface area (Å²) in [4.78, 5) is 8.70. The minimum absolute atomic E-state index is 0.813. The zero-order valence-corrected chi connectivity index (χ0v) is 8.49. The zero-order valence-electron chi connectivity index (χ0n) is 8.49. The molecule has 0 N–H and O–H groups in total. The van der Waals surface area contributed by atoms with E-state index in [2.05, 4.69) is 9.97 Å². The fraction of sp³-hybridized carbons (Fsp3) is 0.364. The Hall–Kier alpha value is -1.69. The molecule has 1 aromatic heterocycles. The van der Waals surface area contributed by atoms with Crippen LogP contribution < -0.4 is 0 Å². The minimum Gasteiger partial charge on any atom is -0.257 e. The first kappa shape index (κ1) is 10.4. The molecule has 72 valence electrons. The third kappa shape index (κ3) is 2.40. The molecule has 0 atom stereocenters. The number of nitrogens with zero attached hydrogens (tertiary/aromatic N) is 3. The van der Waals surface area contributed by atoms with Crippen LogP contribution in [0.3, 0.4) is 0 Å². The molecule has 0 aliphatic rings. The summed E-state index contributed by atoms with van der Waals surface area (Å²) in [6.07, 6.45) is 6.64. The fourth-order valence-electron chi connectivity index (χ4n) is 1.16. The van der Waals surface area contributed by atoms with E-state index in [1.165, 1.54) is 6.08 Å². The normalized spacial score (nSPS) is 10.4. The van der Waals surface area contributed by atoms with Crippen LogP contribution in [0.1, 0.15) is 30.9 Å². The number of aromatic nitrogens is 2. The van der Waals surface area contributed by atoms with Gasteiger partial charge in [0.2, 0.25) is 0 Å². The molecule has 0 radical (unpaired) electrons. The molecule has 1 heterocycles. The lowest BCUT2D eigenvalue weighted by Gasteiger charge is -2.02. The first-order valence-corrected chi connectivity index (χ1v) is 4.72. The van der Waals surface area contributed by atoms with Gasteiger partial charge in [-0.15, -0.1) is 0 Å². The first-order valence-electron chi connectivity index (χ1n) is 4.72. The molecular formula is C11H13N3. The van der Waals surface area contributed by atoms with Crippen LogP contribution in [0.25, 0.3) is 6.08 Å². The van der Waals surface area contributed by atoms with Gasteiger partial charge in [0, 0.05) is 12.3 Å². The Labute approximate surface area is 84.1 Å². The van der Waals surface area contributed by atoms with Crippen molar-refractivity contribution in [2.24, 2.45) is 0 Å². The summed E-state index contributed by atoms with van der Waals surface area (Å²) in [6.45, 7) is 4.06. The van der Waals surface area contributed by atoms with E-state index in [-0.39, 0.29) is 0 Å². The lowest BCUT2D eigenvalue weighted by molar-refractivity contribution is 0.926. The average molecular weight is 187 g/mol. The van der Waals surface area contributed by atoms with Crippen molar-refractivity contribution in [3.8, 4) is 6.07 Å². The maximum absolute atomic E-state index is 8.43. The Bertz CT molecular complexity index is 375. The Balaban J connectivity index is 3.09. The molecule has 14 heavy (non-hydrogen) atoms. The number of hydrogen-bond acceptors (Lipinski definition) is 3. The minimum atomic E-state index is 0.813. The summed E-state index contributed by atoms with van der Waals surface area (Å²) >= 11 is 0. The van der Waals surface area contributed by atoms with E-state index in [0.717, 1.165) is 29.9 Å². The summed E-state index contributed by atoms with van der Waals surface area (Å²) in [5.74, 6) is 0. The smallest absolute Gasteiger partial charge is 0.0912 e. The molecule has 1 aromatic rings. The van der Waals surface area contributed by atoms with Crippen LogP contribution >= 0.6 is 0 Å². The molecule has 3 nitrogen and oxygen atoms in total. The van der Waals surface area contributed by atoms with Crippen molar-refractivity contribution in [2.75, 3.05) is 0 Å². The van der Waals surface area contributed by atoms with Gasteiger partial charge in [0.1, 0.15) is 0 Å². The van der Waals surface area contributed by atoms with E-state index >= 15 is 0 Å². The highest BCUT2D eigenvalue weighted by atomic mass is 14.8. The Morgan fingerprint density at radius 3 is 2.79 bits per heavy atom. The Morgan fingerprint density at radius 1 is 1.43 bits per heavy atom. The molecule has 0 bridgehead atoms. The van der Waals surface area contributed by atoms with Crippen molar-refractivity contribution in [3.63, 3.8) is 0 Å². The highest BCUT2D eigenvalue weighted by Gasteiger charge is 2.01. The molecule has 0 saturated carbocycles. The number of allylic oxidation sites excluding steroid dienone is 1. The van der Waals surface area contributed by atoms with E-state index in [9.17, 15) is 0 Å². The summed E-state index contributed by atoms with van der Waals surface area (Å²) in [5, 5.41) is 8.43. The molecule has 0 amide bonds. The van der Waals surface area contributed by atoms with Gasteiger partial charge < -0.3 is 0 Å². The van der Waals surface area contributed by atoms with E-state index in [4.69, 9.17) is 5.26 Å². The number of rotatable bonds is 3. The number of hydrogen-bond donors (Lipinski definition) is 0. The second-order valence-electron chi connectivity index (χ2n) is 2.86. The third-order valence-electron chi connectivity index (χ3n) is 1.94. The predicted octanol–water partition coefficient (Wildman–Crippen LogP) is 2.14. The van der Waals surface area contributed by atoms with Gasteiger partial charge in [-0.25, -0.2) is 4.98 Å². The SMILES string of the molecule is CCc1cnc(CC)c(/C=C/C#N)n1. The van der Waals surface area contributed by atoms with Crippen molar-refractivity contribution in [3.05, 3.63) is 29.4 Å². The first-order chi connectivity index (χ1) is 6.81. The van der Waals surface area contributed by atoms with Gasteiger partial charge in [-0.3, -0.25) is 4.98 Å². The number of nitriles is 1. The maximum Gasteiger partial charge on any atom is 0.0912 e. The van der Waals surface area contributed by atoms with Crippen LogP contribution in [-0.4, -0.2) is 9.97 Å². The van der Waals surface area contributed by atoms with Crippen LogP contribution in [0.15, 0.2) is 12.3 Å². The van der Waals surface area contributed by atoms with Gasteiger partial charge in [-0.2, -0.15) is 5.26 Å². The number of aryl methyl sites for hydroxylation is 2. The lowest BCUT2D eigenvalue weighted by atomic mass is 10.2. The van der Waals surface area contributed by atoms with Gasteiger partial charge >= 0.3 is 0 Å². The van der Waals surface area contributed by atoms with Crippen LogP contribution in [0.4, 0.5) is 0 Å². The standard InChI is InChI=1S/C11H13N3/c1-3-9-8-13-10(4-2)11(14-9)6-5-7-12/h5-6,8H,3-4H2,1-2H3/b6-5+. The summed E-state index contributed by atoms with van der Waals surface area (Å²) in [6, 6.07) is 1.96. The molecular weight excluding hydrogens is 174 g/mol. The van der Waals surface area contributed by atoms with E-state index < -0.39 is 0 Å². The van der Waals surface area contributed by atoms with Crippen molar-refractivity contribution in [1.82, 2.24) is 9.97 Å². The van der Waals surface area contributed by atoms with Gasteiger partial charge in [-0.1, -0.05) is 13.8 Å². The molecule has 0 fully saturated rings. The third-order valence-corrected chi connectivity index (χ3v) is 1.94. The molecule has 0 unspecified atom stereocenters. The largest absolute Gasteiger partial charge is 0.257 e. The van der Waals surface area contributed by atoms with Crippen LogP contribution in [0.2, 0.25) is 0 Å². The van der Waals surface area contributed by atoms with Crippen molar-refractivity contribution < 1.29 is 0 Å². The molecule has 3 heteroatoms. The highest BCUT2D eigenvalue weighted by molar-refractivity contribution is 5.50. The maximum atomic E-state index is 8.43. The van der Waals surface area contributed by atoms with E-state index in [1.807, 2.05) is 19.9 Å². The second-order valence-corrected chi connectivity index (χ2v) is 2.86. The van der Waals surface area contributed by atoms with Gasteiger partial charge in [0.15, 0.2) is 0 Å². The fourth-order valence-corrected chi connectivity index (χ4v) is 1.16. The summed E-state index contributed by atoms with van der Waals surface area (Å²) in [5.41, 5.74) is 2.71. The molecule has 0 saturated heterocycles. The van der Waals surface area contributed by atoms with Crippen LogP contribution in [-0.2, 0) is 12.8 Å². The molecule has 0 aliphatic carbocycles. The van der Waals surface area contributed by atoms with Gasteiger partial charge in [-0.05, 0) is 18.9 Å². The van der Waals surface area contributed by atoms with Crippen molar-refractivity contribution in [2.45, 2.75) is 26.7 Å². The molecule has 0 aliphatic heterocycles. The van der Waals surface area contributed by atoms with Crippen LogP contribution in [0.5, 0.6) is 0 Å². The second kappa shape index (κ2) is 5.13. The molecule has 0 spiro atoms. The van der Waals surface area contributed by atoms with E-state index in [0.29, 0.717) is 0 Å². The van der Waals surface area contributed by atoms with Crippen LogP contribution in [0, 0.1) is 11.3 Å². The van der Waals surface area contributed by atoms with Gasteiger partial charge in [0.25, 0.3) is 0 Å². The predicted molar refractivity (Wildman–Crippen MR) is 55.4 cm³/mol. The average Bonchev–Trinajstić information content (AvgIpc) is 2.25. The Morgan fingerprint density at radius 2 is 2.21 bits per heavy atom. The van der Waals surface area contributed by atoms with Gasteiger partial charge in [0.05, 0.1) is 23.2 Å². The monoisotopic (exact) mass is 187 g/mol. The Kier molecular flexibility index (Phi) is 3.81. The topological polar surface area (TPSA) is 49.6 Å². The van der Waals surface area contributed by atoms with E-state index in [1.54, 1.807) is 12.3 Å². The van der Waals surface area contributed by atoms with Crippen molar-refractivity contribution >= 4 is 6.08 Å². The quantitative estimate of drug-likeness (QED) is 0.681.